The van der Waals surface area contributed by atoms with Crippen molar-refractivity contribution in [2.45, 2.75) is 19.4 Å². The Balaban J connectivity index is 1.67. The van der Waals surface area contributed by atoms with Crippen LogP contribution in [-0.4, -0.2) is 21.5 Å². The van der Waals surface area contributed by atoms with Crippen LogP contribution in [0.15, 0.2) is 60.6 Å². The molecule has 5 nitrogen and oxygen atoms in total. The van der Waals surface area contributed by atoms with Gasteiger partial charge in [0.1, 0.15) is 17.2 Å². The molecule has 0 radical (unpaired) electrons. The van der Waals surface area contributed by atoms with E-state index in [0.717, 1.165) is 22.2 Å². The van der Waals surface area contributed by atoms with Crippen LogP contribution in [0.3, 0.4) is 0 Å². The van der Waals surface area contributed by atoms with Crippen molar-refractivity contribution >= 4 is 33.8 Å². The van der Waals surface area contributed by atoms with Gasteiger partial charge >= 0.3 is 0 Å². The molecule has 0 saturated heterocycles. The van der Waals surface area contributed by atoms with Crippen LogP contribution >= 0.6 is 0 Å². The minimum absolute atomic E-state index is 0.298. The molecule has 0 aliphatic carbocycles. The maximum absolute atomic E-state index is 13.5. The molecule has 1 amide bonds. The number of allylic oxidation sites excluding steroid dienone is 1. The van der Waals surface area contributed by atoms with Crippen LogP contribution in [-0.2, 0) is 9.53 Å². The summed E-state index contributed by atoms with van der Waals surface area (Å²) in [6, 6.07) is 10.1. The molecule has 6 heteroatoms. The minimum Gasteiger partial charge on any atom is -0.482 e. The summed E-state index contributed by atoms with van der Waals surface area (Å²) in [5.74, 6) is -0.221. The molecule has 1 N–H and O–H groups in total. The second kappa shape index (κ2) is 5.73. The first-order chi connectivity index (χ1) is 13.4. The van der Waals surface area contributed by atoms with Crippen LogP contribution in [0.1, 0.15) is 25.0 Å². The summed E-state index contributed by atoms with van der Waals surface area (Å²) in [4.78, 5) is 21.2. The SMILES string of the molecule is CC1(C)O/C(=C2/C(=O)Nc3cc(F)ccc32)C=C1c1ccc2nccnc2c1. The predicted molar refractivity (Wildman–Crippen MR) is 105 cm³/mol. The van der Waals surface area contributed by atoms with Gasteiger partial charge in [0, 0.05) is 23.5 Å². The van der Waals surface area contributed by atoms with Gasteiger partial charge in [-0.3, -0.25) is 14.8 Å². The molecule has 0 saturated carbocycles. The van der Waals surface area contributed by atoms with Gasteiger partial charge in [0.15, 0.2) is 0 Å². The highest BCUT2D eigenvalue weighted by molar-refractivity contribution is 6.32. The van der Waals surface area contributed by atoms with E-state index in [9.17, 15) is 9.18 Å². The van der Waals surface area contributed by atoms with Gasteiger partial charge < -0.3 is 10.1 Å². The highest BCUT2D eigenvalue weighted by Crippen LogP contribution is 2.44. The van der Waals surface area contributed by atoms with Crippen LogP contribution in [0.5, 0.6) is 0 Å². The van der Waals surface area contributed by atoms with Gasteiger partial charge in [0.2, 0.25) is 0 Å². The average molecular weight is 373 g/mol. The van der Waals surface area contributed by atoms with E-state index in [0.29, 0.717) is 22.6 Å². The molecule has 138 valence electrons. The van der Waals surface area contributed by atoms with Crippen molar-refractivity contribution in [1.29, 1.82) is 0 Å². The van der Waals surface area contributed by atoms with Crippen LogP contribution < -0.4 is 5.32 Å². The number of fused-ring (bicyclic) bond motifs is 2. The van der Waals surface area contributed by atoms with Crippen molar-refractivity contribution in [3.63, 3.8) is 0 Å². The molecule has 1 aromatic heterocycles. The number of amides is 1. The Bertz CT molecular complexity index is 1230. The number of benzene rings is 2. The van der Waals surface area contributed by atoms with Crippen molar-refractivity contribution < 1.29 is 13.9 Å². The van der Waals surface area contributed by atoms with Crippen LogP contribution in [0.2, 0.25) is 0 Å². The molecule has 0 unspecified atom stereocenters. The fraction of sp³-hybridized carbons (Fsp3) is 0.136. The third kappa shape index (κ3) is 2.49. The van der Waals surface area contributed by atoms with Crippen molar-refractivity contribution in [3.05, 3.63) is 77.6 Å². The first kappa shape index (κ1) is 16.6. The van der Waals surface area contributed by atoms with E-state index in [1.807, 2.05) is 38.1 Å². The van der Waals surface area contributed by atoms with Gasteiger partial charge in [-0.1, -0.05) is 6.07 Å². The summed E-state index contributed by atoms with van der Waals surface area (Å²) in [5.41, 5.74) is 4.36. The number of halogens is 1. The average Bonchev–Trinajstić information content (AvgIpc) is 3.15. The lowest BCUT2D eigenvalue weighted by molar-refractivity contribution is -0.111. The molecular formula is C22H16FN3O2. The van der Waals surface area contributed by atoms with E-state index in [1.165, 1.54) is 12.1 Å². The Labute approximate surface area is 160 Å². The molecule has 0 fully saturated rings. The number of rotatable bonds is 1. The van der Waals surface area contributed by atoms with Crippen LogP contribution in [0.4, 0.5) is 10.1 Å². The largest absolute Gasteiger partial charge is 0.482 e. The van der Waals surface area contributed by atoms with E-state index >= 15 is 0 Å². The van der Waals surface area contributed by atoms with Crippen LogP contribution in [0, 0.1) is 5.82 Å². The summed E-state index contributed by atoms with van der Waals surface area (Å²) in [6.45, 7) is 3.90. The quantitative estimate of drug-likeness (QED) is 0.645. The van der Waals surface area contributed by atoms with Crippen molar-refractivity contribution in [1.82, 2.24) is 9.97 Å². The maximum atomic E-state index is 13.5. The van der Waals surface area contributed by atoms with Crippen molar-refractivity contribution in [3.8, 4) is 0 Å². The van der Waals surface area contributed by atoms with E-state index < -0.39 is 11.4 Å². The molecule has 0 bridgehead atoms. The normalized spacial score (nSPS) is 20.0. The lowest BCUT2D eigenvalue weighted by Gasteiger charge is -2.23. The molecule has 0 spiro atoms. The number of hydrogen-bond donors (Lipinski definition) is 1. The molecular weight excluding hydrogens is 357 g/mol. The zero-order valence-corrected chi connectivity index (χ0v) is 15.3. The van der Waals surface area contributed by atoms with Crippen molar-refractivity contribution in [2.24, 2.45) is 0 Å². The predicted octanol–water partition coefficient (Wildman–Crippen LogP) is 4.32. The number of anilines is 1. The fourth-order valence-electron chi connectivity index (χ4n) is 3.74. The Morgan fingerprint density at radius 2 is 1.82 bits per heavy atom. The van der Waals surface area contributed by atoms with E-state index in [-0.39, 0.29) is 5.91 Å². The topological polar surface area (TPSA) is 64.1 Å². The zero-order chi connectivity index (χ0) is 19.5. The van der Waals surface area contributed by atoms with Crippen molar-refractivity contribution in [2.75, 3.05) is 5.32 Å². The van der Waals surface area contributed by atoms with Crippen LogP contribution in [0.25, 0.3) is 22.2 Å². The highest BCUT2D eigenvalue weighted by Gasteiger charge is 2.38. The summed E-state index contributed by atoms with van der Waals surface area (Å²) in [7, 11) is 0. The lowest BCUT2D eigenvalue weighted by Crippen LogP contribution is -2.21. The smallest absolute Gasteiger partial charge is 0.260 e. The Morgan fingerprint density at radius 3 is 2.64 bits per heavy atom. The van der Waals surface area contributed by atoms with Gasteiger partial charge in [-0.05, 0) is 55.8 Å². The summed E-state index contributed by atoms with van der Waals surface area (Å²) >= 11 is 0. The maximum Gasteiger partial charge on any atom is 0.260 e. The monoisotopic (exact) mass is 373 g/mol. The third-order valence-electron chi connectivity index (χ3n) is 5.04. The highest BCUT2D eigenvalue weighted by atomic mass is 19.1. The number of ether oxygens (including phenoxy) is 1. The molecule has 2 aliphatic heterocycles. The molecule has 28 heavy (non-hydrogen) atoms. The number of carbonyl (C=O) groups excluding carboxylic acids is 1. The second-order valence-electron chi connectivity index (χ2n) is 7.31. The van der Waals surface area contributed by atoms with Gasteiger partial charge in [-0.2, -0.15) is 0 Å². The summed E-state index contributed by atoms with van der Waals surface area (Å²) in [5, 5.41) is 2.71. The molecule has 3 aromatic rings. The second-order valence-corrected chi connectivity index (χ2v) is 7.31. The lowest BCUT2D eigenvalue weighted by atomic mass is 9.92. The summed E-state index contributed by atoms with van der Waals surface area (Å²) < 4.78 is 19.7. The van der Waals surface area contributed by atoms with Gasteiger partial charge in [-0.25, -0.2) is 4.39 Å². The number of carbonyl (C=O) groups is 1. The molecule has 0 atom stereocenters. The molecule has 3 heterocycles. The molecule has 2 aliphatic rings. The molecule has 5 rings (SSSR count). The first-order valence-corrected chi connectivity index (χ1v) is 8.90. The number of nitrogens with zero attached hydrogens (tertiary/aromatic N) is 2. The number of nitrogens with one attached hydrogen (secondary N) is 1. The first-order valence-electron chi connectivity index (χ1n) is 8.90. The standard InChI is InChI=1S/C22H16FN3O2/c1-22(2)15(12-3-6-16-18(9-12)25-8-7-24-16)11-19(28-22)20-14-5-4-13(23)10-17(14)26-21(20)27/h3-11H,1-2H3,(H,26,27)/b20-19+. The number of aromatic nitrogens is 2. The zero-order valence-electron chi connectivity index (χ0n) is 15.3. The third-order valence-corrected chi connectivity index (χ3v) is 5.04. The minimum atomic E-state index is -0.638. The summed E-state index contributed by atoms with van der Waals surface area (Å²) in [6.07, 6.45) is 5.19. The Morgan fingerprint density at radius 1 is 1.04 bits per heavy atom. The van der Waals surface area contributed by atoms with Gasteiger partial charge in [-0.15, -0.1) is 0 Å². The Kier molecular flexibility index (Phi) is 3.40. The van der Waals surface area contributed by atoms with Gasteiger partial charge in [0.25, 0.3) is 5.91 Å². The van der Waals surface area contributed by atoms with E-state index in [4.69, 9.17) is 4.74 Å². The number of hydrogen-bond acceptors (Lipinski definition) is 4. The van der Waals surface area contributed by atoms with E-state index in [1.54, 1.807) is 18.5 Å². The Hall–Kier alpha value is -3.54. The van der Waals surface area contributed by atoms with Gasteiger partial charge in [0.05, 0.1) is 22.3 Å². The molecule has 2 aromatic carbocycles. The fourth-order valence-corrected chi connectivity index (χ4v) is 3.74. The van der Waals surface area contributed by atoms with E-state index in [2.05, 4.69) is 15.3 Å².